The molecule has 0 radical (unpaired) electrons. The number of carboxylic acids is 1. The van der Waals surface area contributed by atoms with E-state index in [0.717, 1.165) is 36.4 Å². The predicted molar refractivity (Wildman–Crippen MR) is 80.8 cm³/mol. The number of carboxylic acid groups (broad SMARTS) is 1. The molecule has 110 valence electrons. The fourth-order valence-corrected chi connectivity index (χ4v) is 3.38. The van der Waals surface area contributed by atoms with Crippen molar-refractivity contribution in [3.05, 3.63) is 34.9 Å². The van der Waals surface area contributed by atoms with E-state index < -0.39 is 5.97 Å². The lowest BCUT2D eigenvalue weighted by Gasteiger charge is -2.38. The summed E-state index contributed by atoms with van der Waals surface area (Å²) in [6.07, 6.45) is 2.74. The molecule has 1 aromatic carbocycles. The van der Waals surface area contributed by atoms with Gasteiger partial charge in [0.15, 0.2) is 0 Å². The molecule has 0 heterocycles. The van der Waals surface area contributed by atoms with Gasteiger partial charge in [-0.05, 0) is 49.9 Å². The lowest BCUT2D eigenvalue weighted by Crippen LogP contribution is -2.44. The van der Waals surface area contributed by atoms with Crippen LogP contribution in [0.25, 0.3) is 0 Å². The second kappa shape index (κ2) is 6.59. The van der Waals surface area contributed by atoms with E-state index in [0.29, 0.717) is 5.92 Å². The summed E-state index contributed by atoms with van der Waals surface area (Å²) in [6.45, 7) is 2.94. The number of rotatable bonds is 4. The van der Waals surface area contributed by atoms with Crippen LogP contribution in [-0.4, -0.2) is 29.1 Å². The van der Waals surface area contributed by atoms with Crippen LogP contribution in [0.15, 0.2) is 24.3 Å². The fraction of sp³-hybridized carbons (Fsp3) is 0.562. The molecule has 1 N–H and O–H groups in total. The molecule has 1 fully saturated rings. The Morgan fingerprint density at radius 1 is 1.45 bits per heavy atom. The zero-order chi connectivity index (χ0) is 14.7. The SMILES string of the molecule is CC1CCC(C(=O)O)C(N(C)Cc2cccc(Cl)c2)C1. The number of hydrogen-bond acceptors (Lipinski definition) is 2. The van der Waals surface area contributed by atoms with Crippen LogP contribution in [0.1, 0.15) is 31.7 Å². The van der Waals surface area contributed by atoms with E-state index in [1.165, 1.54) is 0 Å². The maximum Gasteiger partial charge on any atom is 0.308 e. The molecule has 1 aliphatic rings. The van der Waals surface area contributed by atoms with Gasteiger partial charge in [0, 0.05) is 17.6 Å². The lowest BCUT2D eigenvalue weighted by atomic mass is 9.78. The molecule has 4 heteroatoms. The monoisotopic (exact) mass is 295 g/mol. The Morgan fingerprint density at radius 2 is 2.20 bits per heavy atom. The quantitative estimate of drug-likeness (QED) is 0.921. The molecule has 2 rings (SSSR count). The Hall–Kier alpha value is -1.06. The first-order valence-electron chi connectivity index (χ1n) is 7.15. The van der Waals surface area contributed by atoms with Crippen LogP contribution in [0.3, 0.4) is 0 Å². The summed E-state index contributed by atoms with van der Waals surface area (Å²) in [6, 6.07) is 7.87. The molecule has 0 saturated heterocycles. The molecule has 3 unspecified atom stereocenters. The van der Waals surface area contributed by atoms with Crippen molar-refractivity contribution in [3.63, 3.8) is 0 Å². The van der Waals surface area contributed by atoms with Gasteiger partial charge >= 0.3 is 5.97 Å². The van der Waals surface area contributed by atoms with E-state index in [-0.39, 0.29) is 12.0 Å². The number of halogens is 1. The molecule has 1 saturated carbocycles. The predicted octanol–water partition coefficient (Wildman–Crippen LogP) is 3.66. The van der Waals surface area contributed by atoms with Gasteiger partial charge in [-0.3, -0.25) is 9.69 Å². The van der Waals surface area contributed by atoms with Crippen molar-refractivity contribution in [1.29, 1.82) is 0 Å². The van der Waals surface area contributed by atoms with Gasteiger partial charge in [-0.15, -0.1) is 0 Å². The lowest BCUT2D eigenvalue weighted by molar-refractivity contribution is -0.146. The molecule has 1 aromatic rings. The van der Waals surface area contributed by atoms with E-state index in [9.17, 15) is 9.90 Å². The summed E-state index contributed by atoms with van der Waals surface area (Å²) in [5.41, 5.74) is 1.13. The Kier molecular flexibility index (Phi) is 5.06. The molecule has 0 aliphatic heterocycles. The van der Waals surface area contributed by atoms with Gasteiger partial charge in [-0.25, -0.2) is 0 Å². The maximum atomic E-state index is 11.4. The second-order valence-electron chi connectivity index (χ2n) is 5.98. The fourth-order valence-electron chi connectivity index (χ4n) is 3.17. The summed E-state index contributed by atoms with van der Waals surface area (Å²) >= 11 is 6.00. The Balaban J connectivity index is 2.08. The molecule has 3 nitrogen and oxygen atoms in total. The van der Waals surface area contributed by atoms with Crippen LogP contribution < -0.4 is 0 Å². The summed E-state index contributed by atoms with van der Waals surface area (Å²) in [5, 5.41) is 10.1. The molecule has 0 bridgehead atoms. The number of aliphatic carboxylic acids is 1. The highest BCUT2D eigenvalue weighted by Gasteiger charge is 2.35. The summed E-state index contributed by atoms with van der Waals surface area (Å²) < 4.78 is 0. The van der Waals surface area contributed by atoms with Crippen LogP contribution in [0, 0.1) is 11.8 Å². The van der Waals surface area contributed by atoms with Crippen molar-refractivity contribution >= 4 is 17.6 Å². The van der Waals surface area contributed by atoms with Crippen molar-refractivity contribution in [2.75, 3.05) is 7.05 Å². The van der Waals surface area contributed by atoms with Crippen LogP contribution in [-0.2, 0) is 11.3 Å². The van der Waals surface area contributed by atoms with Gasteiger partial charge in [0.2, 0.25) is 0 Å². The van der Waals surface area contributed by atoms with E-state index in [4.69, 9.17) is 11.6 Å². The van der Waals surface area contributed by atoms with E-state index >= 15 is 0 Å². The minimum absolute atomic E-state index is 0.107. The van der Waals surface area contributed by atoms with Gasteiger partial charge in [0.1, 0.15) is 0 Å². The second-order valence-corrected chi connectivity index (χ2v) is 6.41. The molecule has 3 atom stereocenters. The maximum absolute atomic E-state index is 11.4. The minimum atomic E-state index is -0.667. The third kappa shape index (κ3) is 3.74. The smallest absolute Gasteiger partial charge is 0.308 e. The Labute approximate surface area is 125 Å². The standard InChI is InChI=1S/C16H22ClNO2/c1-11-6-7-14(16(19)20)15(8-11)18(2)10-12-4-3-5-13(17)9-12/h3-5,9,11,14-15H,6-8,10H2,1-2H3,(H,19,20). The van der Waals surface area contributed by atoms with E-state index in [2.05, 4.69) is 11.8 Å². The molecular formula is C16H22ClNO2. The molecule has 0 amide bonds. The Bertz CT molecular complexity index is 477. The number of nitrogens with zero attached hydrogens (tertiary/aromatic N) is 1. The number of carbonyl (C=O) groups is 1. The van der Waals surface area contributed by atoms with Gasteiger partial charge in [-0.2, -0.15) is 0 Å². The van der Waals surface area contributed by atoms with Crippen molar-refractivity contribution < 1.29 is 9.90 Å². The van der Waals surface area contributed by atoms with E-state index in [1.54, 1.807) is 0 Å². The molecule has 0 aromatic heterocycles. The third-order valence-corrected chi connectivity index (χ3v) is 4.52. The van der Waals surface area contributed by atoms with Gasteiger partial charge in [-0.1, -0.05) is 30.7 Å². The highest BCUT2D eigenvalue weighted by molar-refractivity contribution is 6.30. The zero-order valence-corrected chi connectivity index (χ0v) is 12.8. The van der Waals surface area contributed by atoms with Gasteiger partial charge in [0.05, 0.1) is 5.92 Å². The first kappa shape index (κ1) is 15.3. The third-order valence-electron chi connectivity index (χ3n) is 4.28. The van der Waals surface area contributed by atoms with Crippen molar-refractivity contribution in [2.45, 2.75) is 38.8 Å². The van der Waals surface area contributed by atoms with Crippen LogP contribution in [0.2, 0.25) is 5.02 Å². The summed E-state index contributed by atoms with van der Waals surface area (Å²) in [4.78, 5) is 13.6. The Morgan fingerprint density at radius 3 is 2.85 bits per heavy atom. The highest BCUT2D eigenvalue weighted by atomic mass is 35.5. The zero-order valence-electron chi connectivity index (χ0n) is 12.1. The van der Waals surface area contributed by atoms with Crippen LogP contribution in [0.4, 0.5) is 0 Å². The largest absolute Gasteiger partial charge is 0.481 e. The van der Waals surface area contributed by atoms with Crippen molar-refractivity contribution in [2.24, 2.45) is 11.8 Å². The van der Waals surface area contributed by atoms with Crippen molar-refractivity contribution in [1.82, 2.24) is 4.90 Å². The first-order chi connectivity index (χ1) is 9.47. The average Bonchev–Trinajstić information content (AvgIpc) is 2.38. The van der Waals surface area contributed by atoms with Crippen molar-refractivity contribution in [3.8, 4) is 0 Å². The minimum Gasteiger partial charge on any atom is -0.481 e. The molecule has 0 spiro atoms. The van der Waals surface area contributed by atoms with Crippen LogP contribution in [0.5, 0.6) is 0 Å². The van der Waals surface area contributed by atoms with Gasteiger partial charge < -0.3 is 5.11 Å². The topological polar surface area (TPSA) is 40.5 Å². The first-order valence-corrected chi connectivity index (χ1v) is 7.52. The molecule has 20 heavy (non-hydrogen) atoms. The summed E-state index contributed by atoms with van der Waals surface area (Å²) in [5.74, 6) is -0.326. The molecular weight excluding hydrogens is 274 g/mol. The molecule has 1 aliphatic carbocycles. The normalized spacial score (nSPS) is 26.7. The highest BCUT2D eigenvalue weighted by Crippen LogP contribution is 2.32. The number of benzene rings is 1. The summed E-state index contributed by atoms with van der Waals surface area (Å²) in [7, 11) is 2.01. The average molecular weight is 296 g/mol. The van der Waals surface area contributed by atoms with E-state index in [1.807, 2.05) is 31.3 Å². The van der Waals surface area contributed by atoms with Gasteiger partial charge in [0.25, 0.3) is 0 Å². The number of hydrogen-bond donors (Lipinski definition) is 1. The van der Waals surface area contributed by atoms with Crippen LogP contribution >= 0.6 is 11.6 Å².